The highest BCUT2D eigenvalue weighted by Crippen LogP contribution is 2.34. The van der Waals surface area contributed by atoms with Gasteiger partial charge in [-0.1, -0.05) is 31.9 Å². The van der Waals surface area contributed by atoms with Crippen molar-refractivity contribution in [2.75, 3.05) is 0 Å². The molecule has 0 bridgehead atoms. The van der Waals surface area contributed by atoms with E-state index in [2.05, 4.69) is 0 Å². The van der Waals surface area contributed by atoms with Crippen LogP contribution in [0.5, 0.6) is 0 Å². The van der Waals surface area contributed by atoms with Crippen LogP contribution in [0.1, 0.15) is 37.4 Å². The molecule has 1 aromatic carbocycles. The van der Waals surface area contributed by atoms with Crippen LogP contribution in [-0.2, 0) is 6.18 Å². The predicted octanol–water partition coefficient (Wildman–Crippen LogP) is 4.83. The van der Waals surface area contributed by atoms with Crippen LogP contribution < -0.4 is 5.73 Å². The fourth-order valence-corrected chi connectivity index (χ4v) is 1.79. The van der Waals surface area contributed by atoms with Crippen LogP contribution in [-0.4, -0.2) is 0 Å². The summed E-state index contributed by atoms with van der Waals surface area (Å²) >= 11 is 5.69. The Morgan fingerprint density at radius 2 is 1.83 bits per heavy atom. The minimum Gasteiger partial charge on any atom is -0.324 e. The van der Waals surface area contributed by atoms with Crippen molar-refractivity contribution in [3.63, 3.8) is 0 Å². The molecular weight excluding hydrogens is 286 g/mol. The predicted molar refractivity (Wildman–Crippen MR) is 70.1 cm³/mol. The van der Waals surface area contributed by atoms with E-state index in [1.807, 2.05) is 13.8 Å². The van der Waals surface area contributed by atoms with Crippen LogP contribution in [0, 0.1) is 5.92 Å². The zero-order chi connectivity index (χ0) is 13.2. The summed E-state index contributed by atoms with van der Waals surface area (Å²) in [5, 5.41) is 0.0635. The maximum Gasteiger partial charge on any atom is 0.416 e. The lowest BCUT2D eigenvalue weighted by Crippen LogP contribution is -2.19. The van der Waals surface area contributed by atoms with Gasteiger partial charge in [-0.25, -0.2) is 0 Å². The summed E-state index contributed by atoms with van der Waals surface area (Å²) < 4.78 is 37.8. The van der Waals surface area contributed by atoms with Crippen molar-refractivity contribution < 1.29 is 13.2 Å². The molecule has 2 atom stereocenters. The first kappa shape index (κ1) is 17.6. The van der Waals surface area contributed by atoms with Crippen molar-refractivity contribution in [3.05, 3.63) is 34.3 Å². The van der Waals surface area contributed by atoms with E-state index in [-0.39, 0.29) is 23.3 Å². The molecule has 0 radical (unpaired) electrons. The second-order valence-corrected chi connectivity index (χ2v) is 4.62. The zero-order valence-electron chi connectivity index (χ0n) is 10.1. The van der Waals surface area contributed by atoms with E-state index in [1.54, 1.807) is 0 Å². The fourth-order valence-electron chi connectivity index (χ4n) is 1.55. The molecule has 0 aliphatic heterocycles. The third-order valence-electron chi connectivity index (χ3n) is 2.89. The number of benzene rings is 1. The maximum atomic E-state index is 12.6. The minimum atomic E-state index is -4.39. The first-order valence-corrected chi connectivity index (χ1v) is 5.76. The summed E-state index contributed by atoms with van der Waals surface area (Å²) in [7, 11) is 0. The summed E-state index contributed by atoms with van der Waals surface area (Å²) in [5.74, 6) is 0.106. The van der Waals surface area contributed by atoms with Gasteiger partial charge in [0.05, 0.1) is 5.56 Å². The molecule has 0 aliphatic rings. The van der Waals surface area contributed by atoms with Gasteiger partial charge in [0.25, 0.3) is 0 Å². The SMILES string of the molecule is CCC(C)[C@H](N)c1cc(Cl)cc(C(F)(F)F)c1.Cl. The summed E-state index contributed by atoms with van der Waals surface area (Å²) in [4.78, 5) is 0. The van der Waals surface area contributed by atoms with E-state index in [1.165, 1.54) is 6.07 Å². The number of halogens is 5. The molecule has 1 nitrogen and oxygen atoms in total. The monoisotopic (exact) mass is 301 g/mol. The average molecular weight is 302 g/mol. The van der Waals surface area contributed by atoms with Crippen molar-refractivity contribution in [1.29, 1.82) is 0 Å². The number of hydrogen-bond acceptors (Lipinski definition) is 1. The Hall–Kier alpha value is -0.450. The van der Waals surface area contributed by atoms with Gasteiger partial charge in [0.2, 0.25) is 0 Å². The van der Waals surface area contributed by atoms with Gasteiger partial charge in [0.1, 0.15) is 0 Å². The van der Waals surface area contributed by atoms with Crippen LogP contribution in [0.15, 0.2) is 18.2 Å². The minimum absolute atomic E-state index is 0. The van der Waals surface area contributed by atoms with Crippen LogP contribution >= 0.6 is 24.0 Å². The summed E-state index contributed by atoms with van der Waals surface area (Å²) in [5.41, 5.74) is 5.58. The van der Waals surface area contributed by atoms with Gasteiger partial charge in [0, 0.05) is 11.1 Å². The fraction of sp³-hybridized carbons (Fsp3) is 0.500. The van der Waals surface area contributed by atoms with Crippen molar-refractivity contribution >= 4 is 24.0 Å². The summed E-state index contributed by atoms with van der Waals surface area (Å²) in [6.07, 6.45) is -3.59. The van der Waals surface area contributed by atoms with Crippen LogP contribution in [0.25, 0.3) is 0 Å². The van der Waals surface area contributed by atoms with Gasteiger partial charge in [-0.05, 0) is 29.7 Å². The van der Waals surface area contributed by atoms with E-state index < -0.39 is 17.8 Å². The highest BCUT2D eigenvalue weighted by Gasteiger charge is 2.31. The van der Waals surface area contributed by atoms with Gasteiger partial charge in [0.15, 0.2) is 0 Å². The van der Waals surface area contributed by atoms with E-state index in [9.17, 15) is 13.2 Å². The number of hydrogen-bond donors (Lipinski definition) is 1. The second-order valence-electron chi connectivity index (χ2n) is 4.18. The van der Waals surface area contributed by atoms with Crippen LogP contribution in [0.2, 0.25) is 5.02 Å². The molecule has 0 aliphatic carbocycles. The topological polar surface area (TPSA) is 26.0 Å². The first-order chi connectivity index (χ1) is 7.75. The van der Waals surface area contributed by atoms with Gasteiger partial charge in [-0.3, -0.25) is 0 Å². The Labute approximate surface area is 116 Å². The molecule has 104 valence electrons. The van der Waals surface area contributed by atoms with Crippen molar-refractivity contribution in [2.45, 2.75) is 32.5 Å². The van der Waals surface area contributed by atoms with Crippen molar-refractivity contribution in [2.24, 2.45) is 11.7 Å². The van der Waals surface area contributed by atoms with E-state index >= 15 is 0 Å². The highest BCUT2D eigenvalue weighted by molar-refractivity contribution is 6.30. The van der Waals surface area contributed by atoms with Gasteiger partial charge in [-0.2, -0.15) is 13.2 Å². The molecule has 1 aromatic rings. The molecule has 6 heteroatoms. The largest absolute Gasteiger partial charge is 0.416 e. The molecule has 0 fully saturated rings. The van der Waals surface area contributed by atoms with E-state index in [4.69, 9.17) is 17.3 Å². The molecule has 0 spiro atoms. The third kappa shape index (κ3) is 4.34. The third-order valence-corrected chi connectivity index (χ3v) is 3.11. The number of nitrogens with two attached hydrogens (primary N) is 1. The molecule has 0 saturated carbocycles. The molecule has 0 heterocycles. The highest BCUT2D eigenvalue weighted by atomic mass is 35.5. The Balaban J connectivity index is 0.00000289. The normalized spacial score (nSPS) is 14.8. The van der Waals surface area contributed by atoms with Crippen molar-refractivity contribution in [3.8, 4) is 0 Å². The van der Waals surface area contributed by atoms with Gasteiger partial charge < -0.3 is 5.73 Å². The summed E-state index contributed by atoms with van der Waals surface area (Å²) in [6.45, 7) is 3.85. The molecule has 0 saturated heterocycles. The molecule has 0 aromatic heterocycles. The Morgan fingerprint density at radius 3 is 2.28 bits per heavy atom. The van der Waals surface area contributed by atoms with Gasteiger partial charge >= 0.3 is 6.18 Å². The Kier molecular flexibility index (Phi) is 6.47. The number of alkyl halides is 3. The maximum absolute atomic E-state index is 12.6. The average Bonchev–Trinajstić information content (AvgIpc) is 2.25. The van der Waals surface area contributed by atoms with Crippen LogP contribution in [0.4, 0.5) is 13.2 Å². The number of rotatable bonds is 3. The van der Waals surface area contributed by atoms with Crippen molar-refractivity contribution in [1.82, 2.24) is 0 Å². The second kappa shape index (κ2) is 6.64. The summed E-state index contributed by atoms with van der Waals surface area (Å²) in [6, 6.07) is 3.05. The molecule has 1 rings (SSSR count). The lowest BCUT2D eigenvalue weighted by atomic mass is 9.92. The molecule has 2 N–H and O–H groups in total. The standard InChI is InChI=1S/C12H15ClF3N.ClH/c1-3-7(2)11(17)8-4-9(12(14,15)16)6-10(13)5-8;/h4-7,11H,3,17H2,1-2H3;1H/t7?,11-;/m0./s1. The Bertz CT molecular complexity index is 393. The smallest absolute Gasteiger partial charge is 0.324 e. The Morgan fingerprint density at radius 1 is 1.28 bits per heavy atom. The first-order valence-electron chi connectivity index (χ1n) is 5.39. The van der Waals surface area contributed by atoms with Crippen LogP contribution in [0.3, 0.4) is 0 Å². The molecule has 1 unspecified atom stereocenters. The molecule has 18 heavy (non-hydrogen) atoms. The van der Waals surface area contributed by atoms with E-state index in [0.29, 0.717) is 5.56 Å². The molecular formula is C12H16Cl2F3N. The lowest BCUT2D eigenvalue weighted by molar-refractivity contribution is -0.137. The van der Waals surface area contributed by atoms with Gasteiger partial charge in [-0.15, -0.1) is 12.4 Å². The quantitative estimate of drug-likeness (QED) is 0.850. The zero-order valence-corrected chi connectivity index (χ0v) is 11.7. The molecule has 0 amide bonds. The van der Waals surface area contributed by atoms with E-state index in [0.717, 1.165) is 18.6 Å². The lowest BCUT2D eigenvalue weighted by Gasteiger charge is -2.20.